The number of nitrogens with one attached hydrogen (secondary N) is 1. The predicted octanol–water partition coefficient (Wildman–Crippen LogP) is 4.78. The van der Waals surface area contributed by atoms with E-state index in [0.29, 0.717) is 34.3 Å². The highest BCUT2D eigenvalue weighted by Crippen LogP contribution is 2.29. The molecule has 3 aromatic carbocycles. The number of hydrazone groups is 1. The summed E-state index contributed by atoms with van der Waals surface area (Å²) >= 11 is 0. The van der Waals surface area contributed by atoms with Crippen LogP contribution in [0.15, 0.2) is 105 Å². The second kappa shape index (κ2) is 9.62. The number of hydrogen-bond acceptors (Lipinski definition) is 6. The summed E-state index contributed by atoms with van der Waals surface area (Å²) < 4.78 is 9.06. The monoisotopic (exact) mass is 502 g/mol. The first-order valence-corrected chi connectivity index (χ1v) is 12.1. The first kappa shape index (κ1) is 23.1. The largest absolute Gasteiger partial charge is 0.454 e. The molecule has 9 nitrogen and oxygen atoms in total. The molecule has 0 fully saturated rings. The Morgan fingerprint density at radius 2 is 1.71 bits per heavy atom. The summed E-state index contributed by atoms with van der Waals surface area (Å²) in [5, 5.41) is 15.1. The average Bonchev–Trinajstić information content (AvgIpc) is 3.58. The molecule has 0 radical (unpaired) electrons. The third kappa shape index (κ3) is 4.16. The van der Waals surface area contributed by atoms with Crippen LogP contribution in [0.25, 0.3) is 38.9 Å². The Bertz CT molecular complexity index is 1850. The predicted molar refractivity (Wildman–Crippen MR) is 146 cm³/mol. The van der Waals surface area contributed by atoms with Crippen molar-refractivity contribution in [3.8, 4) is 17.1 Å². The number of amides is 1. The molecule has 0 saturated carbocycles. The van der Waals surface area contributed by atoms with Crippen LogP contribution < -0.4 is 11.0 Å². The van der Waals surface area contributed by atoms with E-state index in [2.05, 4.69) is 15.6 Å². The number of hydrogen-bond donors (Lipinski definition) is 1. The Morgan fingerprint density at radius 3 is 2.50 bits per heavy atom. The van der Waals surface area contributed by atoms with Crippen LogP contribution in [0.1, 0.15) is 23.0 Å². The van der Waals surface area contributed by atoms with Gasteiger partial charge in [0.15, 0.2) is 11.5 Å². The van der Waals surface area contributed by atoms with Crippen LogP contribution in [-0.4, -0.2) is 31.7 Å². The molecule has 0 saturated heterocycles. The molecule has 0 aliphatic rings. The lowest BCUT2D eigenvalue weighted by Gasteiger charge is -2.08. The van der Waals surface area contributed by atoms with Gasteiger partial charge >= 0.3 is 0 Å². The summed E-state index contributed by atoms with van der Waals surface area (Å²) in [7, 11) is 0. The number of rotatable bonds is 6. The third-order valence-electron chi connectivity index (χ3n) is 6.17. The van der Waals surface area contributed by atoms with Gasteiger partial charge in [-0.05, 0) is 37.3 Å². The molecule has 186 valence electrons. The van der Waals surface area contributed by atoms with E-state index in [-0.39, 0.29) is 11.3 Å². The molecule has 0 bridgehead atoms. The van der Waals surface area contributed by atoms with Crippen molar-refractivity contribution in [2.45, 2.75) is 13.5 Å². The zero-order valence-electron chi connectivity index (χ0n) is 20.4. The number of furan rings is 1. The number of nitrogens with zero attached hydrogens (tertiary/aromatic N) is 5. The first-order valence-electron chi connectivity index (χ1n) is 12.1. The maximum Gasteiger partial charge on any atom is 0.292 e. The quantitative estimate of drug-likeness (QED) is 0.261. The van der Waals surface area contributed by atoms with Gasteiger partial charge in [-0.15, -0.1) is 0 Å². The van der Waals surface area contributed by atoms with E-state index in [1.807, 2.05) is 66.9 Å². The van der Waals surface area contributed by atoms with Crippen LogP contribution in [0, 0.1) is 0 Å². The minimum Gasteiger partial charge on any atom is -0.454 e. The number of aryl methyl sites for hydroxylation is 1. The Labute approximate surface area is 216 Å². The summed E-state index contributed by atoms with van der Waals surface area (Å²) in [5.74, 6) is 0.0525. The highest BCUT2D eigenvalue weighted by molar-refractivity contribution is 6.05. The zero-order valence-corrected chi connectivity index (χ0v) is 20.4. The molecule has 3 aromatic heterocycles. The van der Waals surface area contributed by atoms with Crippen molar-refractivity contribution >= 4 is 33.9 Å². The topological polar surface area (TPSA) is 107 Å². The van der Waals surface area contributed by atoms with Crippen molar-refractivity contribution in [2.24, 2.45) is 5.10 Å². The van der Waals surface area contributed by atoms with E-state index in [4.69, 9.17) is 9.52 Å². The van der Waals surface area contributed by atoms with Crippen molar-refractivity contribution in [2.75, 3.05) is 0 Å². The van der Waals surface area contributed by atoms with Gasteiger partial charge in [0.2, 0.25) is 0 Å². The smallest absolute Gasteiger partial charge is 0.292 e. The molecule has 3 heterocycles. The van der Waals surface area contributed by atoms with E-state index in [9.17, 15) is 9.59 Å². The van der Waals surface area contributed by atoms with Gasteiger partial charge in [0.25, 0.3) is 11.5 Å². The van der Waals surface area contributed by atoms with Crippen molar-refractivity contribution in [1.29, 1.82) is 0 Å². The number of carbonyl (C=O) groups excluding carboxylic acids is 1. The van der Waals surface area contributed by atoms with Gasteiger partial charge in [0.05, 0.1) is 17.3 Å². The van der Waals surface area contributed by atoms with Gasteiger partial charge < -0.3 is 4.42 Å². The van der Waals surface area contributed by atoms with Crippen LogP contribution in [0.2, 0.25) is 0 Å². The number of para-hydroxylation sites is 2. The highest BCUT2D eigenvalue weighted by Gasteiger charge is 2.18. The summed E-state index contributed by atoms with van der Waals surface area (Å²) in [6.45, 7) is 2.14. The SMILES string of the molecule is CCn1nc(C(=O)N/N=C/c2cn(-c3ccccc3)nc2-c2cc3ccccc3o2)c2ccccc2c1=O. The van der Waals surface area contributed by atoms with Crippen LogP contribution in [0.3, 0.4) is 0 Å². The Balaban J connectivity index is 1.36. The summed E-state index contributed by atoms with van der Waals surface area (Å²) in [4.78, 5) is 25.7. The van der Waals surface area contributed by atoms with E-state index < -0.39 is 5.91 Å². The minimum absolute atomic E-state index is 0.122. The fraction of sp³-hybridized carbons (Fsp3) is 0.0690. The Hall–Kier alpha value is -5.31. The van der Waals surface area contributed by atoms with Gasteiger partial charge in [-0.2, -0.15) is 15.3 Å². The molecule has 0 atom stereocenters. The van der Waals surface area contributed by atoms with Crippen LogP contribution >= 0.6 is 0 Å². The van der Waals surface area contributed by atoms with E-state index in [1.54, 1.807) is 35.9 Å². The summed E-state index contributed by atoms with van der Waals surface area (Å²) in [6.07, 6.45) is 3.34. The molecule has 38 heavy (non-hydrogen) atoms. The van der Waals surface area contributed by atoms with Gasteiger partial charge in [-0.25, -0.2) is 14.8 Å². The van der Waals surface area contributed by atoms with E-state index in [1.165, 1.54) is 10.9 Å². The Morgan fingerprint density at radius 1 is 0.974 bits per heavy atom. The average molecular weight is 503 g/mol. The second-order valence-corrected chi connectivity index (χ2v) is 8.58. The first-order chi connectivity index (χ1) is 18.6. The van der Waals surface area contributed by atoms with Crippen LogP contribution in [-0.2, 0) is 6.54 Å². The molecule has 0 unspecified atom stereocenters. The van der Waals surface area contributed by atoms with Crippen molar-refractivity contribution in [3.05, 3.63) is 113 Å². The maximum absolute atomic E-state index is 13.1. The lowest BCUT2D eigenvalue weighted by molar-refractivity contribution is 0.0949. The van der Waals surface area contributed by atoms with Crippen molar-refractivity contribution < 1.29 is 9.21 Å². The Kier molecular flexibility index (Phi) is 5.85. The molecule has 0 aliphatic heterocycles. The lowest BCUT2D eigenvalue weighted by atomic mass is 10.1. The van der Waals surface area contributed by atoms with Crippen LogP contribution in [0.4, 0.5) is 0 Å². The number of benzene rings is 3. The van der Waals surface area contributed by atoms with Crippen molar-refractivity contribution in [1.82, 2.24) is 25.0 Å². The van der Waals surface area contributed by atoms with E-state index >= 15 is 0 Å². The maximum atomic E-state index is 13.1. The summed E-state index contributed by atoms with van der Waals surface area (Å²) in [5.41, 5.74) is 5.26. The molecule has 9 heteroatoms. The molecular formula is C29H22N6O3. The molecule has 6 rings (SSSR count). The number of fused-ring (bicyclic) bond motifs is 2. The normalized spacial score (nSPS) is 11.5. The number of carbonyl (C=O) groups is 1. The minimum atomic E-state index is -0.527. The molecule has 1 amide bonds. The molecule has 0 aliphatic carbocycles. The van der Waals surface area contributed by atoms with Gasteiger partial charge in [0.1, 0.15) is 11.3 Å². The van der Waals surface area contributed by atoms with E-state index in [0.717, 1.165) is 16.7 Å². The number of aromatic nitrogens is 4. The molecule has 6 aromatic rings. The zero-order chi connectivity index (χ0) is 26.1. The highest BCUT2D eigenvalue weighted by atomic mass is 16.3. The molecule has 0 spiro atoms. The van der Waals surface area contributed by atoms with Gasteiger partial charge in [-0.3, -0.25) is 9.59 Å². The van der Waals surface area contributed by atoms with Crippen molar-refractivity contribution in [3.63, 3.8) is 0 Å². The van der Waals surface area contributed by atoms with Gasteiger partial charge in [-0.1, -0.05) is 54.6 Å². The summed E-state index contributed by atoms with van der Waals surface area (Å²) in [6, 6.07) is 26.2. The second-order valence-electron chi connectivity index (χ2n) is 8.58. The standard InChI is InChI=1S/C29H22N6O3/c1-2-34-29(37)23-14-8-7-13-22(23)27(33-34)28(36)31-30-17-20-18-35(21-11-4-3-5-12-21)32-26(20)25-16-19-10-6-9-15-24(19)38-25/h3-18H,2H2,1H3,(H,31,36)/b30-17+. The molecule has 1 N–H and O–H groups in total. The fourth-order valence-electron chi connectivity index (χ4n) is 4.32. The molecular weight excluding hydrogens is 480 g/mol. The van der Waals surface area contributed by atoms with Crippen LogP contribution in [0.5, 0.6) is 0 Å². The fourth-order valence-corrected chi connectivity index (χ4v) is 4.32. The lowest BCUT2D eigenvalue weighted by Crippen LogP contribution is -2.28. The third-order valence-corrected chi connectivity index (χ3v) is 6.17. The van der Waals surface area contributed by atoms with Gasteiger partial charge in [0, 0.05) is 29.1 Å².